The number of carbonyl (C=O) groups is 2. The molecule has 1 aromatic carbocycles. The Kier molecular flexibility index (Phi) is 9.38. The third-order valence-corrected chi connectivity index (χ3v) is 3.47. The van der Waals surface area contributed by atoms with E-state index in [0.29, 0.717) is 26.1 Å². The second-order valence-corrected chi connectivity index (χ2v) is 7.21. The minimum atomic E-state index is -0.598. The topological polar surface area (TPSA) is 67.9 Å². The van der Waals surface area contributed by atoms with Gasteiger partial charge in [0, 0.05) is 19.5 Å². The van der Waals surface area contributed by atoms with Gasteiger partial charge in [0.05, 0.1) is 19.2 Å². The molecule has 0 saturated carbocycles. The van der Waals surface area contributed by atoms with Crippen molar-refractivity contribution in [3.05, 3.63) is 35.9 Å². The van der Waals surface area contributed by atoms with E-state index >= 15 is 0 Å². The van der Waals surface area contributed by atoms with E-state index in [1.54, 1.807) is 27.7 Å². The molecule has 0 aromatic heterocycles. The zero-order valence-electron chi connectivity index (χ0n) is 16.7. The molecule has 0 spiro atoms. The largest absolute Gasteiger partial charge is 0.465 e. The number of hydrogen-bond acceptors (Lipinski definition) is 5. The Morgan fingerprint density at radius 3 is 2.48 bits per heavy atom. The average molecular weight is 374 g/mol. The van der Waals surface area contributed by atoms with Gasteiger partial charge in [-0.25, -0.2) is 4.79 Å². The lowest BCUT2D eigenvalue weighted by atomic mass is 10.1. The van der Waals surface area contributed by atoms with E-state index in [1.165, 1.54) is 0 Å². The van der Waals surface area contributed by atoms with E-state index in [0.717, 1.165) is 5.56 Å². The van der Waals surface area contributed by atoms with Crippen molar-refractivity contribution in [2.75, 3.05) is 19.7 Å². The third-order valence-electron chi connectivity index (χ3n) is 3.47. The first kappa shape index (κ1) is 22.5. The van der Waals surface area contributed by atoms with Crippen LogP contribution >= 0.6 is 0 Å². The van der Waals surface area contributed by atoms with Crippen LogP contribution in [0.3, 0.4) is 0 Å². The summed E-state index contributed by atoms with van der Waals surface area (Å²) in [4.78, 5) is 26.0. The number of hydrogen-bond donors (Lipinski definition) is 1. The summed E-state index contributed by atoms with van der Waals surface area (Å²) >= 11 is 0. The molecule has 1 amide bonds. The lowest BCUT2D eigenvalue weighted by Crippen LogP contribution is -2.46. The Morgan fingerprint density at radius 1 is 1.26 bits per heavy atom. The van der Waals surface area contributed by atoms with Gasteiger partial charge in [0.1, 0.15) is 5.60 Å². The first-order chi connectivity index (χ1) is 12.7. The third kappa shape index (κ3) is 10.3. The fourth-order valence-corrected chi connectivity index (χ4v) is 2.51. The van der Waals surface area contributed by atoms with Crippen LogP contribution in [0.4, 0.5) is 4.79 Å². The summed E-state index contributed by atoms with van der Waals surface area (Å²) in [6, 6.07) is 9.43. The molecule has 1 unspecified atom stereocenters. The van der Waals surface area contributed by atoms with Gasteiger partial charge < -0.3 is 14.8 Å². The lowest BCUT2D eigenvalue weighted by molar-refractivity contribution is -0.144. The van der Waals surface area contributed by atoms with Crippen LogP contribution in [0.15, 0.2) is 30.3 Å². The highest BCUT2D eigenvalue weighted by molar-refractivity contribution is 5.71. The van der Waals surface area contributed by atoms with Gasteiger partial charge in [-0.05, 0) is 33.3 Å². The van der Waals surface area contributed by atoms with Gasteiger partial charge >= 0.3 is 12.1 Å². The zero-order valence-corrected chi connectivity index (χ0v) is 16.7. The number of alkyl carbamates (subject to hydrolysis) is 1. The highest BCUT2D eigenvalue weighted by atomic mass is 16.6. The SMILES string of the molecule is C#CCC(CN(CC(=O)OCC)Cc1ccccc1)NC(=O)OC(C)(C)C. The Balaban J connectivity index is 2.82. The molecule has 6 nitrogen and oxygen atoms in total. The number of benzene rings is 1. The van der Waals surface area contributed by atoms with Crippen molar-refractivity contribution in [1.29, 1.82) is 0 Å². The molecule has 148 valence electrons. The molecule has 6 heteroatoms. The summed E-state index contributed by atoms with van der Waals surface area (Å²) < 4.78 is 10.4. The average Bonchev–Trinajstić information content (AvgIpc) is 2.54. The van der Waals surface area contributed by atoms with Crippen molar-refractivity contribution in [3.8, 4) is 12.3 Å². The van der Waals surface area contributed by atoms with Crippen LogP contribution in [0.25, 0.3) is 0 Å². The Labute approximate surface area is 162 Å². The molecule has 1 rings (SSSR count). The van der Waals surface area contributed by atoms with Crippen LogP contribution in [0.1, 0.15) is 39.7 Å². The van der Waals surface area contributed by atoms with Crippen LogP contribution in [0.5, 0.6) is 0 Å². The normalized spacial score (nSPS) is 12.1. The molecule has 1 atom stereocenters. The predicted molar refractivity (Wildman–Crippen MR) is 105 cm³/mol. The number of nitrogens with zero attached hydrogens (tertiary/aromatic N) is 1. The zero-order chi connectivity index (χ0) is 20.3. The van der Waals surface area contributed by atoms with Crippen LogP contribution in [0.2, 0.25) is 0 Å². The first-order valence-electron chi connectivity index (χ1n) is 9.08. The highest BCUT2D eigenvalue weighted by Gasteiger charge is 2.22. The van der Waals surface area contributed by atoms with Crippen LogP contribution in [-0.2, 0) is 20.8 Å². The maximum absolute atomic E-state index is 12.1. The van der Waals surface area contributed by atoms with E-state index in [4.69, 9.17) is 15.9 Å². The second kappa shape index (κ2) is 11.2. The van der Waals surface area contributed by atoms with Gasteiger partial charge in [-0.2, -0.15) is 0 Å². The second-order valence-electron chi connectivity index (χ2n) is 7.21. The van der Waals surface area contributed by atoms with Crippen LogP contribution < -0.4 is 5.32 Å². The standard InChI is InChI=1S/C21H30N2O4/c1-6-11-18(22-20(25)27-21(3,4)5)15-23(16-19(24)26-7-2)14-17-12-9-8-10-13-17/h1,8-10,12-13,18H,7,11,14-16H2,2-5H3,(H,22,25). The monoisotopic (exact) mass is 374 g/mol. The Hall–Kier alpha value is -2.52. The smallest absolute Gasteiger partial charge is 0.407 e. The molecule has 0 saturated heterocycles. The van der Waals surface area contributed by atoms with E-state index in [9.17, 15) is 9.59 Å². The molecule has 0 heterocycles. The molecular weight excluding hydrogens is 344 g/mol. The molecule has 1 aromatic rings. The first-order valence-corrected chi connectivity index (χ1v) is 9.08. The fraction of sp³-hybridized carbons (Fsp3) is 0.524. The molecule has 0 aliphatic carbocycles. The van der Waals surface area contributed by atoms with Gasteiger partial charge in [-0.3, -0.25) is 9.69 Å². The summed E-state index contributed by atoms with van der Waals surface area (Å²) in [7, 11) is 0. The maximum atomic E-state index is 12.1. The Bertz CT molecular complexity index is 632. The number of rotatable bonds is 9. The quantitative estimate of drug-likeness (QED) is 0.532. The number of nitrogens with one attached hydrogen (secondary N) is 1. The predicted octanol–water partition coefficient (Wildman–Crippen LogP) is 2.97. The number of amides is 1. The molecule has 0 aliphatic heterocycles. The number of carbonyl (C=O) groups excluding carboxylic acids is 2. The fourth-order valence-electron chi connectivity index (χ4n) is 2.51. The van der Waals surface area contributed by atoms with Gasteiger partial charge in [0.15, 0.2) is 0 Å². The van der Waals surface area contributed by atoms with Gasteiger partial charge in [-0.1, -0.05) is 30.3 Å². The maximum Gasteiger partial charge on any atom is 0.407 e. The lowest BCUT2D eigenvalue weighted by Gasteiger charge is -2.28. The van der Waals surface area contributed by atoms with Crippen molar-refractivity contribution in [1.82, 2.24) is 10.2 Å². The summed E-state index contributed by atoms with van der Waals surface area (Å²) in [6.07, 6.45) is 5.25. The van der Waals surface area contributed by atoms with E-state index < -0.39 is 11.7 Å². The van der Waals surface area contributed by atoms with Crippen molar-refractivity contribution in [2.45, 2.75) is 52.3 Å². The summed E-state index contributed by atoms with van der Waals surface area (Å²) in [6.45, 7) is 8.53. The van der Waals surface area contributed by atoms with Crippen molar-refractivity contribution < 1.29 is 19.1 Å². The molecular formula is C21H30N2O4. The minimum Gasteiger partial charge on any atom is -0.465 e. The minimum absolute atomic E-state index is 0.111. The highest BCUT2D eigenvalue weighted by Crippen LogP contribution is 2.09. The van der Waals surface area contributed by atoms with Gasteiger partial charge in [0.2, 0.25) is 0 Å². The van der Waals surface area contributed by atoms with Crippen molar-refractivity contribution >= 4 is 12.1 Å². The molecule has 0 bridgehead atoms. The van der Waals surface area contributed by atoms with Crippen LogP contribution in [0, 0.1) is 12.3 Å². The van der Waals surface area contributed by atoms with E-state index in [2.05, 4.69) is 11.2 Å². The molecule has 0 fully saturated rings. The molecule has 1 N–H and O–H groups in total. The van der Waals surface area contributed by atoms with Crippen LogP contribution in [-0.4, -0.2) is 48.3 Å². The summed E-state index contributed by atoms with van der Waals surface area (Å²) in [5.74, 6) is 2.26. The number of ether oxygens (including phenoxy) is 2. The number of esters is 1. The van der Waals surface area contributed by atoms with Crippen molar-refractivity contribution in [2.24, 2.45) is 0 Å². The number of terminal acetylenes is 1. The Morgan fingerprint density at radius 2 is 1.93 bits per heavy atom. The molecule has 0 radical (unpaired) electrons. The van der Waals surface area contributed by atoms with E-state index in [1.807, 2.05) is 35.2 Å². The molecule has 27 heavy (non-hydrogen) atoms. The van der Waals surface area contributed by atoms with E-state index in [-0.39, 0.29) is 18.6 Å². The molecule has 0 aliphatic rings. The van der Waals surface area contributed by atoms with Gasteiger partial charge in [0.25, 0.3) is 0 Å². The van der Waals surface area contributed by atoms with Crippen molar-refractivity contribution in [3.63, 3.8) is 0 Å². The summed E-state index contributed by atoms with van der Waals surface area (Å²) in [5, 5.41) is 2.80. The summed E-state index contributed by atoms with van der Waals surface area (Å²) in [5.41, 5.74) is 0.456. The van der Waals surface area contributed by atoms with Gasteiger partial charge in [-0.15, -0.1) is 12.3 Å².